The van der Waals surface area contributed by atoms with Crippen LogP contribution in [0, 0.1) is 0 Å². The summed E-state index contributed by atoms with van der Waals surface area (Å²) in [7, 11) is 0. The Morgan fingerprint density at radius 2 is 2.10 bits per heavy atom. The summed E-state index contributed by atoms with van der Waals surface area (Å²) in [6.07, 6.45) is 3.51. The third kappa shape index (κ3) is 1.69. The number of hydrogen-bond donors (Lipinski definition) is 2. The van der Waals surface area contributed by atoms with Crippen molar-refractivity contribution in [3.63, 3.8) is 0 Å². The van der Waals surface area contributed by atoms with E-state index in [-0.39, 0.29) is 0 Å². The number of amides is 1. The van der Waals surface area contributed by atoms with Crippen molar-refractivity contribution < 1.29 is 4.79 Å². The lowest BCUT2D eigenvalue weighted by Gasteiger charge is -2.07. The predicted molar refractivity (Wildman–Crippen MR) is 79.2 cm³/mol. The number of para-hydroxylation sites is 1. The highest BCUT2D eigenvalue weighted by Gasteiger charge is 2.13. The number of carbonyl (C=O) groups is 1. The molecule has 4 aromatic rings. The first-order valence-corrected chi connectivity index (χ1v) is 6.45. The summed E-state index contributed by atoms with van der Waals surface area (Å²) < 4.78 is 1.69. The molecule has 0 saturated carbocycles. The SMILES string of the molecule is NC(=O)c1ccccc1-n1ncc2nc3[nH]ccc3cc21. The average Bonchev–Trinajstić information content (AvgIpc) is 3.10. The average molecular weight is 277 g/mol. The van der Waals surface area contributed by atoms with Crippen LogP contribution in [-0.2, 0) is 0 Å². The van der Waals surface area contributed by atoms with Crippen LogP contribution in [0.4, 0.5) is 0 Å². The van der Waals surface area contributed by atoms with Crippen LogP contribution in [-0.4, -0.2) is 25.7 Å². The van der Waals surface area contributed by atoms with E-state index in [1.54, 1.807) is 23.0 Å². The van der Waals surface area contributed by atoms with Gasteiger partial charge >= 0.3 is 0 Å². The highest BCUT2D eigenvalue weighted by atomic mass is 16.1. The number of aromatic nitrogens is 4. The van der Waals surface area contributed by atoms with Crippen molar-refractivity contribution in [3.05, 3.63) is 54.4 Å². The lowest BCUT2D eigenvalue weighted by molar-refractivity contribution is 0.1000. The summed E-state index contributed by atoms with van der Waals surface area (Å²) >= 11 is 0. The molecule has 4 rings (SSSR count). The molecule has 3 N–H and O–H groups in total. The van der Waals surface area contributed by atoms with Gasteiger partial charge in [-0.15, -0.1) is 0 Å². The van der Waals surface area contributed by atoms with Gasteiger partial charge in [0.2, 0.25) is 0 Å². The van der Waals surface area contributed by atoms with Crippen LogP contribution >= 0.6 is 0 Å². The van der Waals surface area contributed by atoms with E-state index < -0.39 is 5.91 Å². The largest absolute Gasteiger partial charge is 0.366 e. The fraction of sp³-hybridized carbons (Fsp3) is 0. The molecule has 3 aromatic heterocycles. The molecule has 1 aromatic carbocycles. The molecule has 0 aliphatic heterocycles. The molecule has 0 aliphatic rings. The minimum atomic E-state index is -0.482. The molecule has 1 amide bonds. The molecule has 6 heteroatoms. The van der Waals surface area contributed by atoms with Gasteiger partial charge in [-0.05, 0) is 24.3 Å². The standard InChI is InChI=1S/C15H11N5O/c16-14(21)10-3-1-2-4-12(10)20-13-7-9-5-6-17-15(9)19-11(13)8-18-20/h1-8H,(H2,16,21)(H,17,19). The molecule has 102 valence electrons. The Balaban J connectivity index is 2.04. The van der Waals surface area contributed by atoms with E-state index >= 15 is 0 Å². The Morgan fingerprint density at radius 1 is 1.24 bits per heavy atom. The Bertz CT molecular complexity index is 982. The van der Waals surface area contributed by atoms with Gasteiger partial charge in [-0.25, -0.2) is 9.67 Å². The summed E-state index contributed by atoms with van der Waals surface area (Å²) in [5, 5.41) is 5.33. The zero-order valence-corrected chi connectivity index (χ0v) is 10.9. The normalized spacial score (nSPS) is 11.2. The topological polar surface area (TPSA) is 89.6 Å². The first-order valence-electron chi connectivity index (χ1n) is 6.45. The molecular formula is C15H11N5O. The third-order valence-electron chi connectivity index (χ3n) is 3.46. The molecule has 0 bridgehead atoms. The van der Waals surface area contributed by atoms with E-state index in [0.29, 0.717) is 11.3 Å². The number of aromatic amines is 1. The highest BCUT2D eigenvalue weighted by Crippen LogP contribution is 2.23. The number of pyridine rings is 1. The number of hydrogen-bond acceptors (Lipinski definition) is 3. The van der Waals surface area contributed by atoms with Gasteiger partial charge in [0.05, 0.1) is 23.0 Å². The van der Waals surface area contributed by atoms with Crippen molar-refractivity contribution in [1.29, 1.82) is 0 Å². The Kier molecular flexibility index (Phi) is 2.32. The van der Waals surface area contributed by atoms with Crippen LogP contribution in [0.25, 0.3) is 27.8 Å². The Labute approximate surface area is 119 Å². The number of primary amides is 1. The van der Waals surface area contributed by atoms with E-state index in [0.717, 1.165) is 22.1 Å². The summed E-state index contributed by atoms with van der Waals surface area (Å²) in [6, 6.07) is 11.1. The van der Waals surface area contributed by atoms with Gasteiger partial charge in [0.1, 0.15) is 11.2 Å². The molecule has 0 saturated heterocycles. The van der Waals surface area contributed by atoms with Crippen LogP contribution in [0.3, 0.4) is 0 Å². The Hall–Kier alpha value is -3.15. The minimum absolute atomic E-state index is 0.427. The van der Waals surface area contributed by atoms with Crippen molar-refractivity contribution in [3.8, 4) is 5.69 Å². The second kappa shape index (κ2) is 4.17. The molecule has 0 unspecified atom stereocenters. The number of nitrogens with zero attached hydrogens (tertiary/aromatic N) is 3. The Morgan fingerprint density at radius 3 is 2.95 bits per heavy atom. The monoisotopic (exact) mass is 277 g/mol. The van der Waals surface area contributed by atoms with Crippen LogP contribution in [0.1, 0.15) is 10.4 Å². The molecule has 0 spiro atoms. The second-order valence-corrected chi connectivity index (χ2v) is 4.75. The van der Waals surface area contributed by atoms with Crippen LogP contribution < -0.4 is 5.73 Å². The molecule has 0 atom stereocenters. The fourth-order valence-electron chi connectivity index (χ4n) is 2.48. The van der Waals surface area contributed by atoms with Crippen LogP contribution in [0.5, 0.6) is 0 Å². The predicted octanol–water partition coefficient (Wildman–Crippen LogP) is 2.00. The number of nitrogens with two attached hydrogens (primary N) is 1. The second-order valence-electron chi connectivity index (χ2n) is 4.75. The van der Waals surface area contributed by atoms with E-state index in [4.69, 9.17) is 5.73 Å². The first-order chi connectivity index (χ1) is 10.2. The zero-order valence-electron chi connectivity index (χ0n) is 10.9. The lowest BCUT2D eigenvalue weighted by atomic mass is 10.1. The maximum absolute atomic E-state index is 11.6. The van der Waals surface area contributed by atoms with Gasteiger partial charge in [0.25, 0.3) is 5.91 Å². The quantitative estimate of drug-likeness (QED) is 0.587. The van der Waals surface area contributed by atoms with Gasteiger partial charge < -0.3 is 10.7 Å². The van der Waals surface area contributed by atoms with E-state index in [2.05, 4.69) is 15.1 Å². The molecule has 6 nitrogen and oxygen atoms in total. The summed E-state index contributed by atoms with van der Waals surface area (Å²) in [5.74, 6) is -0.482. The number of fused-ring (bicyclic) bond motifs is 2. The third-order valence-corrected chi connectivity index (χ3v) is 3.46. The van der Waals surface area contributed by atoms with Gasteiger partial charge in [0.15, 0.2) is 0 Å². The maximum atomic E-state index is 11.6. The van der Waals surface area contributed by atoms with Crippen LogP contribution in [0.15, 0.2) is 48.8 Å². The number of carbonyl (C=O) groups excluding carboxylic acids is 1. The zero-order chi connectivity index (χ0) is 14.4. The van der Waals surface area contributed by atoms with Gasteiger partial charge in [0, 0.05) is 11.6 Å². The van der Waals surface area contributed by atoms with Gasteiger partial charge in [-0.2, -0.15) is 5.10 Å². The molecule has 0 fully saturated rings. The maximum Gasteiger partial charge on any atom is 0.250 e. The molecule has 0 aliphatic carbocycles. The van der Waals surface area contributed by atoms with E-state index in [9.17, 15) is 4.79 Å². The summed E-state index contributed by atoms with van der Waals surface area (Å²) in [6.45, 7) is 0. The number of benzene rings is 1. The van der Waals surface area contributed by atoms with Crippen LogP contribution in [0.2, 0.25) is 0 Å². The van der Waals surface area contributed by atoms with Crippen molar-refractivity contribution in [2.24, 2.45) is 5.73 Å². The fourth-order valence-corrected chi connectivity index (χ4v) is 2.48. The molecule has 3 heterocycles. The molecule has 0 radical (unpaired) electrons. The number of H-pyrrole nitrogens is 1. The van der Waals surface area contributed by atoms with Crippen molar-refractivity contribution in [1.82, 2.24) is 19.7 Å². The molecular weight excluding hydrogens is 266 g/mol. The van der Waals surface area contributed by atoms with Crippen molar-refractivity contribution in [2.45, 2.75) is 0 Å². The van der Waals surface area contributed by atoms with Crippen molar-refractivity contribution >= 4 is 28.0 Å². The first kappa shape index (κ1) is 11.7. The van der Waals surface area contributed by atoms with Gasteiger partial charge in [-0.1, -0.05) is 12.1 Å². The minimum Gasteiger partial charge on any atom is -0.366 e. The number of rotatable bonds is 2. The van der Waals surface area contributed by atoms with E-state index in [1.807, 2.05) is 30.5 Å². The number of nitrogens with one attached hydrogen (secondary N) is 1. The van der Waals surface area contributed by atoms with Crippen molar-refractivity contribution in [2.75, 3.05) is 0 Å². The lowest BCUT2D eigenvalue weighted by Crippen LogP contribution is -2.14. The highest BCUT2D eigenvalue weighted by molar-refractivity contribution is 5.97. The van der Waals surface area contributed by atoms with Gasteiger partial charge in [-0.3, -0.25) is 4.79 Å². The molecule has 21 heavy (non-hydrogen) atoms. The summed E-state index contributed by atoms with van der Waals surface area (Å²) in [5.41, 5.74) is 8.91. The summed E-state index contributed by atoms with van der Waals surface area (Å²) in [4.78, 5) is 19.2. The smallest absolute Gasteiger partial charge is 0.250 e. The van der Waals surface area contributed by atoms with E-state index in [1.165, 1.54) is 0 Å².